The summed E-state index contributed by atoms with van der Waals surface area (Å²) in [5.41, 5.74) is 7.22. The summed E-state index contributed by atoms with van der Waals surface area (Å²) in [5, 5.41) is 0. The van der Waals surface area contributed by atoms with Crippen LogP contribution < -0.4 is 4.90 Å². The van der Waals surface area contributed by atoms with Crippen LogP contribution in [0.5, 0.6) is 0 Å². The van der Waals surface area contributed by atoms with E-state index in [1.807, 2.05) is 91.0 Å². The van der Waals surface area contributed by atoms with Crippen LogP contribution in [0.4, 0.5) is 5.69 Å². The lowest BCUT2D eigenvalue weighted by Crippen LogP contribution is -2.50. The van der Waals surface area contributed by atoms with Crippen molar-refractivity contribution in [2.24, 2.45) is 11.8 Å². The number of amides is 2. The van der Waals surface area contributed by atoms with E-state index in [2.05, 4.69) is 15.9 Å². The minimum absolute atomic E-state index is 0.212. The number of carbonyl (C=O) groups excluding carboxylic acids is 4. The molecule has 5 aromatic carbocycles. The van der Waals surface area contributed by atoms with Gasteiger partial charge in [-0.15, -0.1) is 0 Å². The van der Waals surface area contributed by atoms with Gasteiger partial charge in [0, 0.05) is 11.5 Å². The topological polar surface area (TPSA) is 80.8 Å². The predicted molar refractivity (Wildman–Crippen MR) is 177 cm³/mol. The van der Waals surface area contributed by atoms with Gasteiger partial charge in [-0.2, -0.15) is 0 Å². The van der Waals surface area contributed by atoms with E-state index in [-0.39, 0.29) is 29.1 Å². The number of anilines is 1. The molecule has 0 radical (unpaired) electrons. The maximum atomic E-state index is 14.1. The minimum atomic E-state index is -0.834. The number of imide groups is 1. The molecule has 9 rings (SSSR count). The summed E-state index contributed by atoms with van der Waals surface area (Å²) in [6.45, 7) is -0.409. The van der Waals surface area contributed by atoms with Gasteiger partial charge in [0.15, 0.2) is 12.4 Å². The number of carbonyl (C=O) groups is 4. The number of ether oxygens (including phenoxy) is 1. The van der Waals surface area contributed by atoms with Crippen molar-refractivity contribution in [2.45, 2.75) is 10.2 Å². The quantitative estimate of drug-likeness (QED) is 0.0822. The van der Waals surface area contributed by atoms with Crippen molar-refractivity contribution >= 4 is 45.2 Å². The van der Waals surface area contributed by atoms with Crippen molar-refractivity contribution in [1.82, 2.24) is 0 Å². The molecule has 1 aliphatic heterocycles. The van der Waals surface area contributed by atoms with E-state index in [0.29, 0.717) is 11.3 Å². The van der Waals surface area contributed by atoms with E-state index in [4.69, 9.17) is 4.74 Å². The van der Waals surface area contributed by atoms with E-state index < -0.39 is 28.7 Å². The number of ketones is 1. The molecule has 7 heteroatoms. The highest BCUT2D eigenvalue weighted by Gasteiger charge is 2.67. The third kappa shape index (κ3) is 4.15. The average Bonchev–Trinajstić information content (AvgIpc) is 3.38. The lowest BCUT2D eigenvalue weighted by atomic mass is 9.55. The minimum Gasteiger partial charge on any atom is -0.454 e. The molecule has 2 bridgehead atoms. The standard InChI is InChI=1S/C39H26BrNO5/c40-39-30-12-6-4-10-28(30)33(29-11-5-7-13-31(29)39)34-35(39)37(44)41(36(34)43)27-20-18-26(19-21-27)38(45)46-22-32(42)25-16-14-24(15-17-25)23-8-2-1-3-9-23/h1-21,33-35H,22H2. The highest BCUT2D eigenvalue weighted by Crippen LogP contribution is 2.66. The molecule has 0 saturated carbocycles. The second-order valence-corrected chi connectivity index (χ2v) is 13.1. The number of halogens is 1. The third-order valence-electron chi connectivity index (χ3n) is 9.52. The number of benzene rings is 5. The summed E-state index contributed by atoms with van der Waals surface area (Å²) in [6.07, 6.45) is 0. The molecule has 0 N–H and O–H groups in total. The van der Waals surface area contributed by atoms with Gasteiger partial charge in [-0.1, -0.05) is 119 Å². The monoisotopic (exact) mass is 667 g/mol. The third-order valence-corrected chi connectivity index (χ3v) is 10.9. The van der Waals surface area contributed by atoms with Crippen LogP contribution in [0, 0.1) is 11.8 Å². The molecular formula is C39H26BrNO5. The maximum Gasteiger partial charge on any atom is 0.338 e. The Morgan fingerprint density at radius 2 is 1.20 bits per heavy atom. The lowest BCUT2D eigenvalue weighted by Gasteiger charge is -2.51. The van der Waals surface area contributed by atoms with Crippen molar-refractivity contribution in [3.05, 3.63) is 161 Å². The maximum absolute atomic E-state index is 14.1. The van der Waals surface area contributed by atoms with Crippen LogP contribution in [0.3, 0.4) is 0 Å². The Morgan fingerprint density at radius 3 is 1.83 bits per heavy atom. The first-order valence-electron chi connectivity index (χ1n) is 15.1. The SMILES string of the molecule is O=C(COC(=O)c1ccc(N2C(=O)C3C4c5ccccc5C(Br)(c5ccccc54)C3C2=O)cc1)c1ccc(-c2ccccc2)cc1. The van der Waals surface area contributed by atoms with Gasteiger partial charge in [-0.25, -0.2) is 9.69 Å². The first-order valence-corrected chi connectivity index (χ1v) is 15.9. The van der Waals surface area contributed by atoms with E-state index in [1.54, 1.807) is 24.3 Å². The zero-order valence-corrected chi connectivity index (χ0v) is 26.0. The van der Waals surface area contributed by atoms with Crippen LogP contribution in [0.1, 0.15) is 48.9 Å². The van der Waals surface area contributed by atoms with E-state index in [9.17, 15) is 19.2 Å². The van der Waals surface area contributed by atoms with Gasteiger partial charge < -0.3 is 4.74 Å². The lowest BCUT2D eigenvalue weighted by molar-refractivity contribution is -0.122. The number of rotatable bonds is 6. The fourth-order valence-electron chi connectivity index (χ4n) is 7.46. The zero-order valence-electron chi connectivity index (χ0n) is 24.4. The molecule has 5 aromatic rings. The Labute approximate surface area is 273 Å². The van der Waals surface area contributed by atoms with Gasteiger partial charge in [0.1, 0.15) is 0 Å². The summed E-state index contributed by atoms with van der Waals surface area (Å²) in [6, 6.07) is 39.2. The molecular weight excluding hydrogens is 642 g/mol. The Bertz CT molecular complexity index is 2010. The molecule has 1 fully saturated rings. The number of esters is 1. The number of Topliss-reactive ketones (excluding diaryl/α,β-unsaturated/α-hetero) is 1. The molecule has 4 aliphatic rings. The first-order chi connectivity index (χ1) is 22.4. The second kappa shape index (κ2) is 10.7. The van der Waals surface area contributed by atoms with Crippen molar-refractivity contribution in [3.8, 4) is 11.1 Å². The highest BCUT2D eigenvalue weighted by molar-refractivity contribution is 9.09. The van der Waals surface area contributed by atoms with Crippen LogP contribution in [0.25, 0.3) is 11.1 Å². The van der Waals surface area contributed by atoms with Gasteiger partial charge >= 0.3 is 5.97 Å². The molecule has 6 nitrogen and oxygen atoms in total. The molecule has 46 heavy (non-hydrogen) atoms. The summed E-state index contributed by atoms with van der Waals surface area (Å²) in [5.74, 6) is -2.94. The van der Waals surface area contributed by atoms with E-state index in [0.717, 1.165) is 33.4 Å². The molecule has 0 aromatic heterocycles. The number of nitrogens with zero attached hydrogens (tertiary/aromatic N) is 1. The van der Waals surface area contributed by atoms with Gasteiger partial charge in [-0.05, 0) is 57.6 Å². The van der Waals surface area contributed by atoms with Crippen molar-refractivity contribution in [3.63, 3.8) is 0 Å². The Morgan fingerprint density at radius 1 is 0.652 bits per heavy atom. The molecule has 1 saturated heterocycles. The van der Waals surface area contributed by atoms with E-state index in [1.165, 1.54) is 17.0 Å². The molecule has 2 atom stereocenters. The van der Waals surface area contributed by atoms with E-state index >= 15 is 0 Å². The van der Waals surface area contributed by atoms with Gasteiger partial charge in [0.25, 0.3) is 0 Å². The average molecular weight is 669 g/mol. The molecule has 1 heterocycles. The van der Waals surface area contributed by atoms with Gasteiger partial charge in [0.2, 0.25) is 11.8 Å². The van der Waals surface area contributed by atoms with Crippen LogP contribution >= 0.6 is 15.9 Å². The summed E-state index contributed by atoms with van der Waals surface area (Å²) < 4.78 is 4.49. The fraction of sp³-hybridized carbons (Fsp3) is 0.128. The summed E-state index contributed by atoms with van der Waals surface area (Å²) >= 11 is 4.01. The van der Waals surface area contributed by atoms with Crippen molar-refractivity contribution in [2.75, 3.05) is 11.5 Å². The molecule has 0 spiro atoms. The normalized spacial score (nSPS) is 22.2. The van der Waals surface area contributed by atoms with Gasteiger partial charge in [0.05, 0.1) is 27.4 Å². The van der Waals surface area contributed by atoms with Crippen LogP contribution in [0.2, 0.25) is 0 Å². The first kappa shape index (κ1) is 28.3. The molecule has 2 unspecified atom stereocenters. The molecule has 2 amide bonds. The van der Waals surface area contributed by atoms with Crippen LogP contribution in [-0.4, -0.2) is 30.2 Å². The molecule has 224 valence electrons. The number of alkyl halides is 1. The van der Waals surface area contributed by atoms with Crippen molar-refractivity contribution < 1.29 is 23.9 Å². The molecule has 3 aliphatic carbocycles. The summed E-state index contributed by atoms with van der Waals surface area (Å²) in [4.78, 5) is 55.1. The highest BCUT2D eigenvalue weighted by atomic mass is 79.9. The van der Waals surface area contributed by atoms with Crippen LogP contribution in [0.15, 0.2) is 127 Å². The smallest absolute Gasteiger partial charge is 0.338 e. The van der Waals surface area contributed by atoms with Crippen LogP contribution in [-0.2, 0) is 18.7 Å². The summed E-state index contributed by atoms with van der Waals surface area (Å²) in [7, 11) is 0. The van der Waals surface area contributed by atoms with Gasteiger partial charge in [-0.3, -0.25) is 14.4 Å². The Hall–Kier alpha value is -5.14. The Kier molecular flexibility index (Phi) is 6.62. The van der Waals surface area contributed by atoms with Crippen molar-refractivity contribution in [1.29, 1.82) is 0 Å². The zero-order chi connectivity index (χ0) is 31.6. The number of hydrogen-bond acceptors (Lipinski definition) is 5. The largest absolute Gasteiger partial charge is 0.454 e. The fourth-order valence-corrected chi connectivity index (χ4v) is 8.66. The number of hydrogen-bond donors (Lipinski definition) is 0. The predicted octanol–water partition coefficient (Wildman–Crippen LogP) is 7.30. The Balaban J connectivity index is 0.996. The second-order valence-electron chi connectivity index (χ2n) is 11.9.